The highest BCUT2D eigenvalue weighted by Gasteiger charge is 2.32. The van der Waals surface area contributed by atoms with Crippen LogP contribution >= 0.6 is 11.6 Å². The van der Waals surface area contributed by atoms with Crippen molar-refractivity contribution in [3.63, 3.8) is 0 Å². The number of aliphatic hydroxyl groups excluding tert-OH is 1. The Labute approximate surface area is 204 Å². The number of fused-ring (bicyclic) bond motifs is 3. The van der Waals surface area contributed by atoms with Crippen LogP contribution in [0.1, 0.15) is 28.4 Å². The van der Waals surface area contributed by atoms with Crippen molar-refractivity contribution in [3.05, 3.63) is 118 Å². The Morgan fingerprint density at radius 1 is 0.882 bits per heavy atom. The van der Waals surface area contributed by atoms with Gasteiger partial charge in [0.25, 0.3) is 0 Å². The van der Waals surface area contributed by atoms with Crippen LogP contribution in [-0.2, 0) is 17.9 Å². The van der Waals surface area contributed by atoms with Crippen molar-refractivity contribution in [1.29, 1.82) is 0 Å². The standard InChI is InChI=1S/C29H24ClNO3/c1-31(17-21-16-22(30)13-14-23(21)20-8-6-7-19(15-20)18-32)29(33)34-28-26-11-4-2-9-24(26)25-10-3-5-12-27(25)28/h2-16,28,32H,17-18H2,1H3. The van der Waals surface area contributed by atoms with Crippen LogP contribution in [0.3, 0.4) is 0 Å². The Morgan fingerprint density at radius 3 is 2.24 bits per heavy atom. The van der Waals surface area contributed by atoms with Crippen molar-refractivity contribution < 1.29 is 14.6 Å². The third-order valence-corrected chi connectivity index (χ3v) is 6.44. The number of benzene rings is 4. The van der Waals surface area contributed by atoms with Gasteiger partial charge in [0.05, 0.1) is 6.61 Å². The van der Waals surface area contributed by atoms with E-state index in [0.717, 1.165) is 44.5 Å². The minimum atomic E-state index is -0.442. The van der Waals surface area contributed by atoms with Gasteiger partial charge in [-0.05, 0) is 51.6 Å². The largest absolute Gasteiger partial charge is 0.436 e. The molecule has 4 nitrogen and oxygen atoms in total. The summed E-state index contributed by atoms with van der Waals surface area (Å²) in [6.07, 6.45) is -0.853. The van der Waals surface area contributed by atoms with E-state index in [-0.39, 0.29) is 6.61 Å². The molecule has 5 heteroatoms. The summed E-state index contributed by atoms with van der Waals surface area (Å²) in [5.74, 6) is 0. The molecule has 0 fully saturated rings. The van der Waals surface area contributed by atoms with E-state index in [2.05, 4.69) is 12.1 Å². The molecular formula is C29H24ClNO3. The van der Waals surface area contributed by atoms with E-state index in [9.17, 15) is 9.90 Å². The maximum Gasteiger partial charge on any atom is 0.410 e. The highest BCUT2D eigenvalue weighted by molar-refractivity contribution is 6.30. The zero-order valence-electron chi connectivity index (χ0n) is 18.7. The van der Waals surface area contributed by atoms with Crippen molar-refractivity contribution in [2.45, 2.75) is 19.3 Å². The molecule has 0 atom stereocenters. The molecule has 1 N–H and O–H groups in total. The molecule has 4 aromatic carbocycles. The smallest absolute Gasteiger partial charge is 0.410 e. The molecule has 0 aliphatic heterocycles. The predicted molar refractivity (Wildman–Crippen MR) is 134 cm³/mol. The molecule has 0 radical (unpaired) electrons. The number of aliphatic hydroxyl groups is 1. The topological polar surface area (TPSA) is 49.8 Å². The predicted octanol–water partition coefficient (Wildman–Crippen LogP) is 6.84. The molecule has 1 amide bonds. The zero-order chi connectivity index (χ0) is 23.7. The van der Waals surface area contributed by atoms with Gasteiger partial charge in [-0.15, -0.1) is 0 Å². The van der Waals surface area contributed by atoms with Gasteiger partial charge in [-0.1, -0.05) is 84.4 Å². The van der Waals surface area contributed by atoms with E-state index in [1.165, 1.54) is 0 Å². The molecule has 1 aliphatic carbocycles. The fourth-order valence-electron chi connectivity index (χ4n) is 4.56. The first-order valence-electron chi connectivity index (χ1n) is 11.1. The Balaban J connectivity index is 1.40. The molecule has 0 unspecified atom stereocenters. The van der Waals surface area contributed by atoms with Crippen molar-refractivity contribution in [2.75, 3.05) is 7.05 Å². The second-order valence-corrected chi connectivity index (χ2v) is 8.89. The molecule has 0 heterocycles. The Morgan fingerprint density at radius 2 is 1.56 bits per heavy atom. The summed E-state index contributed by atoms with van der Waals surface area (Å²) in [5, 5.41) is 10.1. The molecule has 4 aromatic rings. The van der Waals surface area contributed by atoms with Crippen LogP contribution in [-0.4, -0.2) is 23.1 Å². The normalized spacial score (nSPS) is 12.2. The Bertz CT molecular complexity index is 1320. The fraction of sp³-hybridized carbons (Fsp3) is 0.138. The quantitative estimate of drug-likeness (QED) is 0.348. The summed E-state index contributed by atoms with van der Waals surface area (Å²) < 4.78 is 6.03. The average molecular weight is 470 g/mol. The molecule has 0 aromatic heterocycles. The first-order chi connectivity index (χ1) is 16.5. The molecule has 0 spiro atoms. The number of carbonyl (C=O) groups excluding carboxylic acids is 1. The lowest BCUT2D eigenvalue weighted by molar-refractivity contribution is 0.0844. The van der Waals surface area contributed by atoms with Gasteiger partial charge in [0.15, 0.2) is 6.10 Å². The van der Waals surface area contributed by atoms with Crippen LogP contribution in [0.25, 0.3) is 22.3 Å². The van der Waals surface area contributed by atoms with E-state index < -0.39 is 12.2 Å². The number of hydrogen-bond acceptors (Lipinski definition) is 3. The summed E-state index contributed by atoms with van der Waals surface area (Å²) in [5.41, 5.74) is 7.82. The van der Waals surface area contributed by atoms with Crippen molar-refractivity contribution in [2.24, 2.45) is 0 Å². The van der Waals surface area contributed by atoms with E-state index in [4.69, 9.17) is 16.3 Å². The van der Waals surface area contributed by atoms with Gasteiger partial charge in [-0.2, -0.15) is 0 Å². The van der Waals surface area contributed by atoms with Gasteiger partial charge in [0, 0.05) is 29.7 Å². The van der Waals surface area contributed by atoms with E-state index in [0.29, 0.717) is 11.6 Å². The van der Waals surface area contributed by atoms with Crippen molar-refractivity contribution in [1.82, 2.24) is 4.90 Å². The van der Waals surface area contributed by atoms with Gasteiger partial charge in [-0.25, -0.2) is 4.79 Å². The first kappa shape index (κ1) is 22.2. The van der Waals surface area contributed by atoms with E-state index >= 15 is 0 Å². The minimum absolute atomic E-state index is 0.0344. The van der Waals surface area contributed by atoms with Gasteiger partial charge in [-0.3, -0.25) is 0 Å². The maximum absolute atomic E-state index is 13.2. The average Bonchev–Trinajstić information content (AvgIpc) is 3.18. The molecule has 1 aliphatic rings. The molecule has 0 saturated carbocycles. The number of hydrogen-bond donors (Lipinski definition) is 1. The summed E-state index contributed by atoms with van der Waals surface area (Å²) in [6.45, 7) is 0.293. The van der Waals surface area contributed by atoms with Gasteiger partial charge >= 0.3 is 6.09 Å². The Hall–Kier alpha value is -3.60. The number of nitrogens with zero attached hydrogens (tertiary/aromatic N) is 1. The SMILES string of the molecule is CN(Cc1cc(Cl)ccc1-c1cccc(CO)c1)C(=O)OC1c2ccccc2-c2ccccc21. The number of ether oxygens (including phenoxy) is 1. The van der Waals surface area contributed by atoms with Gasteiger partial charge in [0.2, 0.25) is 0 Å². The van der Waals surface area contributed by atoms with Crippen LogP contribution in [0, 0.1) is 0 Å². The lowest BCUT2D eigenvalue weighted by Crippen LogP contribution is -2.28. The molecule has 170 valence electrons. The maximum atomic E-state index is 13.2. The number of halogens is 1. The second-order valence-electron chi connectivity index (χ2n) is 8.45. The highest BCUT2D eigenvalue weighted by atomic mass is 35.5. The van der Waals surface area contributed by atoms with Crippen molar-refractivity contribution >= 4 is 17.7 Å². The van der Waals surface area contributed by atoms with Crippen LogP contribution in [0.2, 0.25) is 5.02 Å². The zero-order valence-corrected chi connectivity index (χ0v) is 19.5. The van der Waals surface area contributed by atoms with Crippen LogP contribution in [0.15, 0.2) is 91.0 Å². The van der Waals surface area contributed by atoms with Crippen LogP contribution < -0.4 is 0 Å². The monoisotopic (exact) mass is 469 g/mol. The first-order valence-corrected chi connectivity index (χ1v) is 11.5. The summed E-state index contributed by atoms with van der Waals surface area (Å²) >= 11 is 6.30. The van der Waals surface area contributed by atoms with Crippen LogP contribution in [0.4, 0.5) is 4.79 Å². The number of amides is 1. The minimum Gasteiger partial charge on any atom is -0.436 e. The third kappa shape index (κ3) is 4.18. The summed E-state index contributed by atoms with van der Waals surface area (Å²) in [7, 11) is 1.73. The number of carbonyl (C=O) groups is 1. The number of rotatable bonds is 5. The van der Waals surface area contributed by atoms with E-state index in [1.54, 1.807) is 11.9 Å². The lowest BCUT2D eigenvalue weighted by atomic mass is 9.98. The molecule has 0 bridgehead atoms. The van der Waals surface area contributed by atoms with Crippen LogP contribution in [0.5, 0.6) is 0 Å². The fourth-order valence-corrected chi connectivity index (χ4v) is 4.75. The van der Waals surface area contributed by atoms with Gasteiger partial charge in [0.1, 0.15) is 0 Å². The van der Waals surface area contributed by atoms with Crippen molar-refractivity contribution in [3.8, 4) is 22.3 Å². The molecule has 5 rings (SSSR count). The van der Waals surface area contributed by atoms with Gasteiger partial charge < -0.3 is 14.7 Å². The third-order valence-electron chi connectivity index (χ3n) is 6.20. The highest BCUT2D eigenvalue weighted by Crippen LogP contribution is 2.45. The summed E-state index contributed by atoms with van der Waals surface area (Å²) in [6, 6.07) is 29.4. The second kappa shape index (κ2) is 9.34. The Kier molecular flexibility index (Phi) is 6.10. The molecule has 34 heavy (non-hydrogen) atoms. The molecular weight excluding hydrogens is 446 g/mol. The molecule has 0 saturated heterocycles. The van der Waals surface area contributed by atoms with E-state index in [1.807, 2.05) is 78.9 Å². The lowest BCUT2D eigenvalue weighted by Gasteiger charge is -2.23. The summed E-state index contributed by atoms with van der Waals surface area (Å²) in [4.78, 5) is 14.8.